The van der Waals surface area contributed by atoms with Crippen molar-refractivity contribution in [1.82, 2.24) is 0 Å². The van der Waals surface area contributed by atoms with Crippen LogP contribution in [0.15, 0.2) is 27.4 Å². The number of nitrogens with zero attached hydrogens (tertiary/aromatic N) is 3. The number of esters is 1. The van der Waals surface area contributed by atoms with E-state index in [1.807, 2.05) is 0 Å². The first-order chi connectivity index (χ1) is 8.49. The van der Waals surface area contributed by atoms with Crippen LogP contribution in [0, 0.1) is 0 Å². The number of hydrogen-bond acceptors (Lipinski definition) is 3. The first kappa shape index (κ1) is 14.9. The molecule has 8 heteroatoms. The van der Waals surface area contributed by atoms with Gasteiger partial charge in [-0.05, 0) is 29.3 Å². The summed E-state index contributed by atoms with van der Waals surface area (Å²) < 4.78 is 5.09. The normalized spacial score (nSPS) is 10.8. The van der Waals surface area contributed by atoms with Crippen molar-refractivity contribution in [3.8, 4) is 0 Å². The van der Waals surface area contributed by atoms with Crippen molar-refractivity contribution in [2.45, 2.75) is 0 Å². The van der Waals surface area contributed by atoms with E-state index >= 15 is 0 Å². The van der Waals surface area contributed by atoms with E-state index in [9.17, 15) is 4.79 Å². The predicted octanol–water partition coefficient (Wildman–Crippen LogP) is 4.58. The summed E-state index contributed by atoms with van der Waals surface area (Å²) >= 11 is 14.9. The van der Waals surface area contributed by atoms with Crippen molar-refractivity contribution >= 4 is 51.2 Å². The summed E-state index contributed by atoms with van der Waals surface area (Å²) in [6.45, 7) is 0. The molecule has 0 bridgehead atoms. The van der Waals surface area contributed by atoms with Gasteiger partial charge in [0.1, 0.15) is 5.70 Å². The Morgan fingerprint density at radius 3 is 2.67 bits per heavy atom. The summed E-state index contributed by atoms with van der Waals surface area (Å²) in [5.41, 5.74) is 8.74. The fourth-order valence-corrected chi connectivity index (χ4v) is 2.00. The van der Waals surface area contributed by atoms with E-state index in [2.05, 4.69) is 30.7 Å². The lowest BCUT2D eigenvalue weighted by molar-refractivity contribution is -0.136. The maximum absolute atomic E-state index is 11.3. The summed E-state index contributed by atoms with van der Waals surface area (Å²) in [6, 6.07) is 3.10. The summed E-state index contributed by atoms with van der Waals surface area (Å²) in [6.07, 6.45) is 1.35. The lowest BCUT2D eigenvalue weighted by Gasteiger charge is -2.04. The van der Waals surface area contributed by atoms with Gasteiger partial charge in [0.15, 0.2) is 0 Å². The van der Waals surface area contributed by atoms with E-state index < -0.39 is 5.97 Å². The molecule has 0 atom stereocenters. The average Bonchev–Trinajstić information content (AvgIpc) is 2.34. The minimum atomic E-state index is -0.745. The van der Waals surface area contributed by atoms with Crippen LogP contribution in [-0.4, -0.2) is 13.1 Å². The molecule has 0 saturated heterocycles. The van der Waals surface area contributed by atoms with Crippen molar-refractivity contribution in [2.24, 2.45) is 5.11 Å². The molecule has 1 aromatic rings. The zero-order valence-electron chi connectivity index (χ0n) is 9.02. The minimum Gasteiger partial charge on any atom is -0.466 e. The molecule has 1 aromatic carbocycles. The van der Waals surface area contributed by atoms with Crippen molar-refractivity contribution in [2.75, 3.05) is 7.11 Å². The van der Waals surface area contributed by atoms with Gasteiger partial charge < -0.3 is 4.74 Å². The number of carbonyl (C=O) groups excluding carboxylic acids is 1. The second-order valence-electron chi connectivity index (χ2n) is 3.00. The smallest absolute Gasteiger partial charge is 0.340 e. The Morgan fingerprint density at radius 1 is 1.50 bits per heavy atom. The Labute approximate surface area is 121 Å². The second kappa shape index (κ2) is 6.66. The fraction of sp³-hybridized carbons (Fsp3) is 0.100. The number of methoxy groups -OCH3 is 1. The Kier molecular flexibility index (Phi) is 5.50. The molecule has 1 rings (SSSR count). The molecule has 0 fully saturated rings. The highest BCUT2D eigenvalue weighted by Crippen LogP contribution is 2.30. The molecule has 0 unspecified atom stereocenters. The van der Waals surface area contributed by atoms with Crippen LogP contribution in [0.3, 0.4) is 0 Å². The molecule has 0 N–H and O–H groups in total. The first-order valence-corrected chi connectivity index (χ1v) is 6.04. The quantitative estimate of drug-likeness (QED) is 0.200. The summed E-state index contributed by atoms with van der Waals surface area (Å²) in [4.78, 5) is 13.9. The molecule has 0 heterocycles. The Bertz CT molecular complexity index is 568. The number of azide groups is 1. The van der Waals surface area contributed by atoms with Crippen LogP contribution in [0.25, 0.3) is 16.5 Å². The molecule has 0 aliphatic carbocycles. The molecule has 0 radical (unpaired) electrons. The average molecular weight is 351 g/mol. The topological polar surface area (TPSA) is 75.1 Å². The Morgan fingerprint density at radius 2 is 2.11 bits per heavy atom. The molecule has 0 amide bonds. The Balaban J connectivity index is 3.32. The third-order valence-electron chi connectivity index (χ3n) is 1.88. The summed E-state index contributed by atoms with van der Waals surface area (Å²) in [5.74, 6) is -0.745. The zero-order chi connectivity index (χ0) is 13.7. The number of carbonyl (C=O) groups is 1. The van der Waals surface area contributed by atoms with Gasteiger partial charge in [-0.15, -0.1) is 0 Å². The van der Waals surface area contributed by atoms with Gasteiger partial charge in [-0.1, -0.05) is 44.2 Å². The zero-order valence-corrected chi connectivity index (χ0v) is 12.1. The lowest BCUT2D eigenvalue weighted by atomic mass is 10.2. The van der Waals surface area contributed by atoms with E-state index in [0.717, 1.165) is 0 Å². The largest absolute Gasteiger partial charge is 0.466 e. The SMILES string of the molecule is COC(=O)/C(=C\c1cc(Cl)c(Cl)cc1Br)N=[N+]=[N-]. The standard InChI is InChI=1S/C10H6BrCl2N3O2/c1-18-10(17)9(15-16-14)3-5-2-7(12)8(13)4-6(5)11/h2-4H,1H3/b9-3+. The van der Waals surface area contributed by atoms with E-state index in [0.29, 0.717) is 20.1 Å². The highest BCUT2D eigenvalue weighted by Gasteiger charge is 2.10. The highest BCUT2D eigenvalue weighted by molar-refractivity contribution is 9.10. The number of rotatable bonds is 3. The van der Waals surface area contributed by atoms with Crippen molar-refractivity contribution in [3.05, 3.63) is 48.4 Å². The van der Waals surface area contributed by atoms with Gasteiger partial charge in [-0.2, -0.15) is 0 Å². The molecule has 0 saturated carbocycles. The van der Waals surface area contributed by atoms with Gasteiger partial charge >= 0.3 is 5.97 Å². The Hall–Kier alpha value is -1.20. The van der Waals surface area contributed by atoms with Crippen LogP contribution in [0.5, 0.6) is 0 Å². The third-order valence-corrected chi connectivity index (χ3v) is 3.29. The molecular formula is C10H6BrCl2N3O2. The number of benzene rings is 1. The summed E-state index contributed by atoms with van der Waals surface area (Å²) in [7, 11) is 1.19. The van der Waals surface area contributed by atoms with Crippen LogP contribution in [0.2, 0.25) is 10.0 Å². The van der Waals surface area contributed by atoms with Gasteiger partial charge in [0, 0.05) is 9.38 Å². The molecule has 0 aromatic heterocycles. The second-order valence-corrected chi connectivity index (χ2v) is 4.67. The molecule has 94 valence electrons. The van der Waals surface area contributed by atoms with E-state index in [1.54, 1.807) is 6.07 Å². The fourth-order valence-electron chi connectivity index (χ4n) is 1.08. The molecule has 5 nitrogen and oxygen atoms in total. The third kappa shape index (κ3) is 3.65. The summed E-state index contributed by atoms with van der Waals surface area (Å²) in [5, 5.41) is 3.93. The van der Waals surface area contributed by atoms with E-state index in [1.165, 1.54) is 19.3 Å². The molecule has 0 spiro atoms. The molecule has 0 aliphatic heterocycles. The van der Waals surface area contributed by atoms with Gasteiger partial charge in [0.25, 0.3) is 0 Å². The minimum absolute atomic E-state index is 0.181. The van der Waals surface area contributed by atoms with Gasteiger partial charge in [-0.3, -0.25) is 0 Å². The van der Waals surface area contributed by atoms with Gasteiger partial charge in [0.2, 0.25) is 0 Å². The van der Waals surface area contributed by atoms with Crippen LogP contribution in [0.1, 0.15) is 5.56 Å². The lowest BCUT2D eigenvalue weighted by Crippen LogP contribution is -2.02. The predicted molar refractivity (Wildman–Crippen MR) is 73.3 cm³/mol. The number of halogens is 3. The van der Waals surface area contributed by atoms with Crippen LogP contribution >= 0.6 is 39.1 Å². The molecule has 18 heavy (non-hydrogen) atoms. The van der Waals surface area contributed by atoms with E-state index in [4.69, 9.17) is 28.7 Å². The van der Waals surface area contributed by atoms with Crippen molar-refractivity contribution in [3.63, 3.8) is 0 Å². The van der Waals surface area contributed by atoms with Gasteiger partial charge in [-0.25, -0.2) is 4.79 Å². The van der Waals surface area contributed by atoms with Crippen LogP contribution in [-0.2, 0) is 9.53 Å². The molecular weight excluding hydrogens is 345 g/mol. The molecule has 0 aliphatic rings. The van der Waals surface area contributed by atoms with Crippen molar-refractivity contribution in [1.29, 1.82) is 0 Å². The first-order valence-electron chi connectivity index (χ1n) is 4.49. The van der Waals surface area contributed by atoms with E-state index in [-0.39, 0.29) is 5.70 Å². The number of ether oxygens (including phenoxy) is 1. The van der Waals surface area contributed by atoms with Crippen LogP contribution < -0.4 is 0 Å². The van der Waals surface area contributed by atoms with Crippen LogP contribution in [0.4, 0.5) is 0 Å². The monoisotopic (exact) mass is 349 g/mol. The maximum atomic E-state index is 11.3. The maximum Gasteiger partial charge on any atom is 0.340 e. The van der Waals surface area contributed by atoms with Crippen molar-refractivity contribution < 1.29 is 9.53 Å². The highest BCUT2D eigenvalue weighted by atomic mass is 79.9. The van der Waals surface area contributed by atoms with Gasteiger partial charge in [0.05, 0.1) is 17.2 Å². The number of hydrogen-bond donors (Lipinski definition) is 0.